The molecule has 3 atom stereocenters. The predicted octanol–water partition coefficient (Wildman–Crippen LogP) is 3.20. The van der Waals surface area contributed by atoms with Gasteiger partial charge in [0.15, 0.2) is 0 Å². The second-order valence-electron chi connectivity index (χ2n) is 8.80. The molecule has 2 N–H and O–H groups in total. The van der Waals surface area contributed by atoms with Crippen molar-refractivity contribution in [3.8, 4) is 11.1 Å². The molecule has 1 saturated heterocycles. The van der Waals surface area contributed by atoms with Crippen LogP contribution in [-0.4, -0.2) is 78.9 Å². The van der Waals surface area contributed by atoms with Crippen molar-refractivity contribution in [2.24, 2.45) is 5.92 Å². The molecule has 2 aliphatic rings. The number of likely N-dealkylation sites (N-methyl/N-ethyl adjacent to an activating group) is 1. The van der Waals surface area contributed by atoms with Gasteiger partial charge >= 0.3 is 12.1 Å². The van der Waals surface area contributed by atoms with E-state index in [-0.39, 0.29) is 31.6 Å². The third kappa shape index (κ3) is 5.31. The fraction of sp³-hybridized carbons (Fsp3) is 0.423. The van der Waals surface area contributed by atoms with Gasteiger partial charge in [-0.05, 0) is 40.7 Å². The molecule has 1 fully saturated rings. The number of nitrogens with zero attached hydrogens (tertiary/aromatic N) is 1. The van der Waals surface area contributed by atoms with Gasteiger partial charge in [-0.25, -0.2) is 4.79 Å². The number of rotatable bonds is 9. The number of nitrogens with one attached hydrogen (secondary N) is 1. The fourth-order valence-corrected chi connectivity index (χ4v) is 5.32. The molecule has 0 aromatic heterocycles. The van der Waals surface area contributed by atoms with Gasteiger partial charge in [-0.3, -0.25) is 9.59 Å². The maximum atomic E-state index is 13.2. The molecule has 1 aliphatic carbocycles. The molecular formula is C26H30N2O6S. The average Bonchev–Trinajstić information content (AvgIpc) is 3.48. The van der Waals surface area contributed by atoms with E-state index in [0.29, 0.717) is 12.2 Å². The summed E-state index contributed by atoms with van der Waals surface area (Å²) in [6, 6.07) is 14.8. The molecule has 9 heteroatoms. The van der Waals surface area contributed by atoms with Crippen LogP contribution in [0.25, 0.3) is 11.1 Å². The van der Waals surface area contributed by atoms with E-state index in [2.05, 4.69) is 17.4 Å². The van der Waals surface area contributed by atoms with Gasteiger partial charge in [0.05, 0.1) is 19.3 Å². The van der Waals surface area contributed by atoms with Gasteiger partial charge in [-0.1, -0.05) is 48.5 Å². The maximum absolute atomic E-state index is 13.2. The Labute approximate surface area is 209 Å². The summed E-state index contributed by atoms with van der Waals surface area (Å²) in [6.07, 6.45) is 1.65. The van der Waals surface area contributed by atoms with E-state index in [0.717, 1.165) is 22.3 Å². The first-order valence-electron chi connectivity index (χ1n) is 11.6. The standard InChI is InChI=1S/C26H30N2O6S/c1-28(23-15-33-13-21(23)25(30)31)24(29)22(11-12-35-2)27-26(32)34-14-20-18-9-5-3-7-16(18)17-8-4-6-10-19(17)20/h3-10,20-23H,11-15H2,1-2H3,(H,27,32)(H,30,31)/t21?,22-,23?/m0/s1. The number of carboxylic acids is 1. The Hall–Kier alpha value is -3.04. The topological polar surface area (TPSA) is 105 Å². The molecule has 35 heavy (non-hydrogen) atoms. The minimum absolute atomic E-state index is 0.0624. The first-order chi connectivity index (χ1) is 16.9. The Morgan fingerprint density at radius 3 is 2.34 bits per heavy atom. The molecule has 1 aliphatic heterocycles. The van der Waals surface area contributed by atoms with E-state index in [1.165, 1.54) is 4.90 Å². The molecule has 8 nitrogen and oxygen atoms in total. The van der Waals surface area contributed by atoms with Crippen molar-refractivity contribution in [1.82, 2.24) is 10.2 Å². The van der Waals surface area contributed by atoms with Crippen molar-refractivity contribution in [3.63, 3.8) is 0 Å². The van der Waals surface area contributed by atoms with Crippen LogP contribution in [0.5, 0.6) is 0 Å². The molecule has 1 heterocycles. The van der Waals surface area contributed by atoms with Crippen molar-refractivity contribution in [2.75, 3.05) is 38.9 Å². The second kappa shape index (κ2) is 11.1. The van der Waals surface area contributed by atoms with Gasteiger partial charge in [0.25, 0.3) is 0 Å². The lowest BCUT2D eigenvalue weighted by atomic mass is 9.98. The van der Waals surface area contributed by atoms with E-state index in [1.54, 1.807) is 18.8 Å². The SMILES string of the molecule is CSCC[C@H](NC(=O)OCC1c2ccccc2-c2ccccc21)C(=O)N(C)C1COCC1C(=O)O. The van der Waals surface area contributed by atoms with Gasteiger partial charge < -0.3 is 24.8 Å². The number of carboxylic acid groups (broad SMARTS) is 1. The molecule has 0 bridgehead atoms. The highest BCUT2D eigenvalue weighted by atomic mass is 32.2. The zero-order valence-electron chi connectivity index (χ0n) is 19.8. The van der Waals surface area contributed by atoms with Gasteiger partial charge in [0.1, 0.15) is 18.6 Å². The van der Waals surface area contributed by atoms with Gasteiger partial charge in [-0.2, -0.15) is 11.8 Å². The van der Waals surface area contributed by atoms with E-state index < -0.39 is 30.1 Å². The van der Waals surface area contributed by atoms with Crippen LogP contribution in [0.2, 0.25) is 0 Å². The van der Waals surface area contributed by atoms with Crippen LogP contribution in [0, 0.1) is 5.92 Å². The van der Waals surface area contributed by atoms with Crippen LogP contribution in [-0.2, 0) is 19.1 Å². The van der Waals surface area contributed by atoms with E-state index in [4.69, 9.17) is 9.47 Å². The van der Waals surface area contributed by atoms with Crippen LogP contribution in [0.1, 0.15) is 23.5 Å². The van der Waals surface area contributed by atoms with Crippen molar-refractivity contribution < 1.29 is 29.0 Å². The first kappa shape index (κ1) is 25.1. The summed E-state index contributed by atoms with van der Waals surface area (Å²) in [6.45, 7) is 0.364. The van der Waals surface area contributed by atoms with Crippen LogP contribution in [0.3, 0.4) is 0 Å². The zero-order valence-corrected chi connectivity index (χ0v) is 20.6. The summed E-state index contributed by atoms with van der Waals surface area (Å²) in [5.41, 5.74) is 4.49. The minimum Gasteiger partial charge on any atom is -0.481 e. The number of fused-ring (bicyclic) bond motifs is 3. The molecule has 2 amide bonds. The Balaban J connectivity index is 1.42. The smallest absolute Gasteiger partial charge is 0.407 e. The van der Waals surface area contributed by atoms with E-state index in [9.17, 15) is 19.5 Å². The quantitative estimate of drug-likeness (QED) is 0.547. The van der Waals surface area contributed by atoms with E-state index >= 15 is 0 Å². The average molecular weight is 499 g/mol. The van der Waals surface area contributed by atoms with Crippen LogP contribution in [0.15, 0.2) is 48.5 Å². The zero-order chi connectivity index (χ0) is 24.9. The number of ether oxygens (including phenoxy) is 2. The van der Waals surface area contributed by atoms with Crippen LogP contribution >= 0.6 is 11.8 Å². The van der Waals surface area contributed by atoms with Gasteiger partial charge in [0.2, 0.25) is 5.91 Å². The van der Waals surface area contributed by atoms with Gasteiger partial charge in [-0.15, -0.1) is 0 Å². The highest BCUT2D eigenvalue weighted by Crippen LogP contribution is 2.44. The highest BCUT2D eigenvalue weighted by Gasteiger charge is 2.40. The van der Waals surface area contributed by atoms with E-state index in [1.807, 2.05) is 42.7 Å². The van der Waals surface area contributed by atoms with Gasteiger partial charge in [0, 0.05) is 13.0 Å². The Kier molecular flexibility index (Phi) is 7.97. The Morgan fingerprint density at radius 1 is 1.11 bits per heavy atom. The van der Waals surface area contributed by atoms with Crippen LogP contribution < -0.4 is 5.32 Å². The number of carbonyl (C=O) groups is 3. The molecular weight excluding hydrogens is 468 g/mol. The number of aliphatic carboxylic acids is 1. The number of amides is 2. The lowest BCUT2D eigenvalue weighted by Gasteiger charge is -2.30. The second-order valence-corrected chi connectivity index (χ2v) is 9.79. The molecule has 2 aromatic carbocycles. The molecule has 0 radical (unpaired) electrons. The maximum Gasteiger partial charge on any atom is 0.407 e. The van der Waals surface area contributed by atoms with Crippen molar-refractivity contribution in [1.29, 1.82) is 0 Å². The number of hydrogen-bond acceptors (Lipinski definition) is 6. The molecule has 186 valence electrons. The molecule has 4 rings (SSSR count). The normalized spacial score (nSPS) is 19.5. The summed E-state index contributed by atoms with van der Waals surface area (Å²) < 4.78 is 10.9. The minimum atomic E-state index is -1.00. The monoisotopic (exact) mass is 498 g/mol. The first-order valence-corrected chi connectivity index (χ1v) is 13.0. The van der Waals surface area contributed by atoms with Crippen molar-refractivity contribution in [3.05, 3.63) is 59.7 Å². The fourth-order valence-electron chi connectivity index (χ4n) is 4.85. The molecule has 0 spiro atoms. The summed E-state index contributed by atoms with van der Waals surface area (Å²) in [7, 11) is 1.56. The van der Waals surface area contributed by atoms with Crippen molar-refractivity contribution >= 4 is 29.7 Å². The molecule has 0 saturated carbocycles. The lowest BCUT2D eigenvalue weighted by Crippen LogP contribution is -2.53. The third-order valence-corrected chi connectivity index (χ3v) is 7.40. The number of alkyl carbamates (subject to hydrolysis) is 1. The number of thioether (sulfide) groups is 1. The Morgan fingerprint density at radius 2 is 1.74 bits per heavy atom. The lowest BCUT2D eigenvalue weighted by molar-refractivity contribution is -0.145. The molecule has 2 unspecified atom stereocenters. The summed E-state index contributed by atoms with van der Waals surface area (Å²) >= 11 is 1.56. The van der Waals surface area contributed by atoms with Crippen LogP contribution in [0.4, 0.5) is 4.79 Å². The predicted molar refractivity (Wildman–Crippen MR) is 133 cm³/mol. The van der Waals surface area contributed by atoms with Crippen molar-refractivity contribution in [2.45, 2.75) is 24.4 Å². The third-order valence-electron chi connectivity index (χ3n) is 6.76. The Bertz CT molecular complexity index is 1050. The number of carbonyl (C=O) groups excluding carboxylic acids is 2. The number of hydrogen-bond donors (Lipinski definition) is 2. The molecule has 2 aromatic rings. The summed E-state index contributed by atoms with van der Waals surface area (Å²) in [4.78, 5) is 38.9. The summed E-state index contributed by atoms with van der Waals surface area (Å²) in [5.74, 6) is -1.58. The summed E-state index contributed by atoms with van der Waals surface area (Å²) in [5, 5.41) is 12.2. The largest absolute Gasteiger partial charge is 0.481 e. The highest BCUT2D eigenvalue weighted by molar-refractivity contribution is 7.98. The number of benzene rings is 2.